The Balaban J connectivity index is 1.86. The van der Waals surface area contributed by atoms with Crippen LogP contribution < -0.4 is 5.32 Å². The number of aromatic amines is 1. The quantitative estimate of drug-likeness (QED) is 0.508. The molecule has 1 amide bonds. The number of nitro groups is 1. The van der Waals surface area contributed by atoms with Crippen molar-refractivity contribution in [2.24, 2.45) is 0 Å². The molecule has 0 spiro atoms. The maximum absolute atomic E-state index is 11.6. The number of rotatable bonds is 6. The number of aromatic nitrogens is 4. The van der Waals surface area contributed by atoms with Gasteiger partial charge in [0.15, 0.2) is 5.82 Å². The monoisotopic (exact) mass is 294 g/mol. The zero-order valence-corrected chi connectivity index (χ0v) is 10.5. The van der Waals surface area contributed by atoms with Crippen molar-refractivity contribution in [2.75, 3.05) is 5.32 Å². The van der Waals surface area contributed by atoms with E-state index in [0.717, 1.165) is 0 Å². The predicted octanol–water partition coefficient (Wildman–Crippen LogP) is 0.241. The molecule has 0 saturated carbocycles. The van der Waals surface area contributed by atoms with Crippen molar-refractivity contribution in [3.05, 3.63) is 34.4 Å². The summed E-state index contributed by atoms with van der Waals surface area (Å²) in [5.41, 5.74) is -0.143. The number of amides is 1. The van der Waals surface area contributed by atoms with Crippen LogP contribution in [0.3, 0.4) is 0 Å². The molecule has 0 saturated heterocycles. The van der Waals surface area contributed by atoms with Crippen LogP contribution in [0.5, 0.6) is 0 Å². The molecular formula is C10H10N6O5. The van der Waals surface area contributed by atoms with E-state index in [-0.39, 0.29) is 30.3 Å². The average molecular weight is 294 g/mol. The first-order valence-corrected chi connectivity index (χ1v) is 5.70. The standard InChI is InChI=1S/C10H10N6O5/c17-9(12-7-3-6(10(18)19)13-14-7)1-2-15-4-8(11-5-15)16(20)21/h3-5H,1-2H2,(H,18,19)(H2,12,13,14,17). The summed E-state index contributed by atoms with van der Waals surface area (Å²) in [7, 11) is 0. The third-order valence-corrected chi connectivity index (χ3v) is 2.48. The fraction of sp³-hybridized carbons (Fsp3) is 0.200. The number of nitrogens with zero attached hydrogens (tertiary/aromatic N) is 4. The molecule has 3 N–H and O–H groups in total. The minimum Gasteiger partial charge on any atom is -0.477 e. The summed E-state index contributed by atoms with van der Waals surface area (Å²) in [5, 5.41) is 27.4. The van der Waals surface area contributed by atoms with Crippen molar-refractivity contribution in [3.8, 4) is 0 Å². The lowest BCUT2D eigenvalue weighted by atomic mass is 10.3. The Kier molecular flexibility index (Phi) is 3.92. The highest BCUT2D eigenvalue weighted by atomic mass is 16.6. The molecule has 0 aliphatic heterocycles. The number of aryl methyl sites for hydroxylation is 1. The van der Waals surface area contributed by atoms with Crippen molar-refractivity contribution < 1.29 is 19.6 Å². The number of nitrogens with one attached hydrogen (secondary N) is 2. The molecule has 0 aromatic carbocycles. The molecule has 11 nitrogen and oxygen atoms in total. The van der Waals surface area contributed by atoms with Crippen molar-refractivity contribution in [3.63, 3.8) is 0 Å². The normalized spacial score (nSPS) is 10.3. The molecular weight excluding hydrogens is 284 g/mol. The second kappa shape index (κ2) is 5.81. The van der Waals surface area contributed by atoms with E-state index in [2.05, 4.69) is 20.5 Å². The number of anilines is 1. The zero-order chi connectivity index (χ0) is 15.4. The summed E-state index contributed by atoms with van der Waals surface area (Å²) < 4.78 is 1.41. The van der Waals surface area contributed by atoms with E-state index >= 15 is 0 Å². The molecule has 2 aromatic heterocycles. The van der Waals surface area contributed by atoms with E-state index < -0.39 is 16.8 Å². The number of carboxylic acid groups (broad SMARTS) is 1. The highest BCUT2D eigenvalue weighted by Crippen LogP contribution is 2.08. The Labute approximate surface area is 116 Å². The molecule has 110 valence electrons. The molecule has 0 aliphatic carbocycles. The Morgan fingerprint density at radius 3 is 2.86 bits per heavy atom. The van der Waals surface area contributed by atoms with Gasteiger partial charge in [-0.05, 0) is 9.91 Å². The van der Waals surface area contributed by atoms with Crippen molar-refractivity contribution >= 4 is 23.5 Å². The molecule has 2 rings (SSSR count). The maximum Gasteiger partial charge on any atom is 0.381 e. The van der Waals surface area contributed by atoms with Gasteiger partial charge in [0, 0.05) is 19.0 Å². The summed E-state index contributed by atoms with van der Waals surface area (Å²) in [6, 6.07) is 1.18. The van der Waals surface area contributed by atoms with Gasteiger partial charge in [-0.2, -0.15) is 5.10 Å². The number of carbonyl (C=O) groups is 2. The van der Waals surface area contributed by atoms with Crippen molar-refractivity contribution in [1.29, 1.82) is 0 Å². The van der Waals surface area contributed by atoms with E-state index in [1.165, 1.54) is 23.2 Å². The van der Waals surface area contributed by atoms with Gasteiger partial charge >= 0.3 is 11.8 Å². The lowest BCUT2D eigenvalue weighted by molar-refractivity contribution is -0.389. The average Bonchev–Trinajstić information content (AvgIpc) is 3.05. The third-order valence-electron chi connectivity index (χ3n) is 2.48. The lowest BCUT2D eigenvalue weighted by Crippen LogP contribution is -2.14. The number of imidazole rings is 1. The minimum absolute atomic E-state index is 0.0305. The van der Waals surface area contributed by atoms with E-state index in [0.29, 0.717) is 0 Å². The smallest absolute Gasteiger partial charge is 0.381 e. The van der Waals surface area contributed by atoms with Crippen LogP contribution in [0.2, 0.25) is 0 Å². The second-order valence-electron chi connectivity index (χ2n) is 4.00. The molecule has 2 aromatic rings. The van der Waals surface area contributed by atoms with Gasteiger partial charge in [-0.15, -0.1) is 0 Å². The maximum atomic E-state index is 11.6. The summed E-state index contributed by atoms with van der Waals surface area (Å²) in [6.45, 7) is 0.197. The van der Waals surface area contributed by atoms with Gasteiger partial charge in [0.2, 0.25) is 12.2 Å². The van der Waals surface area contributed by atoms with Crippen LogP contribution in [0.1, 0.15) is 16.9 Å². The van der Waals surface area contributed by atoms with Gasteiger partial charge in [0.1, 0.15) is 11.9 Å². The van der Waals surface area contributed by atoms with Gasteiger partial charge < -0.3 is 25.1 Å². The molecule has 0 bridgehead atoms. The number of carboxylic acids is 1. The van der Waals surface area contributed by atoms with Gasteiger partial charge in [-0.1, -0.05) is 0 Å². The SMILES string of the molecule is O=C(CCn1cnc([N+](=O)[O-])c1)Nc1cc(C(=O)O)[nH]n1. The number of aromatic carboxylic acids is 1. The van der Waals surface area contributed by atoms with E-state index in [4.69, 9.17) is 5.11 Å². The molecule has 11 heteroatoms. The number of hydrogen-bond donors (Lipinski definition) is 3. The Hall–Kier alpha value is -3.24. The van der Waals surface area contributed by atoms with Crippen LogP contribution in [-0.4, -0.2) is 41.7 Å². The zero-order valence-electron chi connectivity index (χ0n) is 10.5. The summed E-state index contributed by atoms with van der Waals surface area (Å²) >= 11 is 0. The van der Waals surface area contributed by atoms with E-state index in [9.17, 15) is 19.7 Å². The fourth-order valence-corrected chi connectivity index (χ4v) is 1.50. The first kappa shape index (κ1) is 14.2. The molecule has 2 heterocycles. The Morgan fingerprint density at radius 1 is 1.52 bits per heavy atom. The van der Waals surface area contributed by atoms with E-state index in [1.807, 2.05) is 0 Å². The summed E-state index contributed by atoms with van der Waals surface area (Å²) in [6.07, 6.45) is 2.50. The predicted molar refractivity (Wildman–Crippen MR) is 67.7 cm³/mol. The van der Waals surface area contributed by atoms with Crippen LogP contribution in [-0.2, 0) is 11.3 Å². The van der Waals surface area contributed by atoms with Gasteiger partial charge in [0.05, 0.1) is 0 Å². The van der Waals surface area contributed by atoms with Crippen LogP contribution >= 0.6 is 0 Å². The Bertz CT molecular complexity index is 690. The van der Waals surface area contributed by atoms with Gasteiger partial charge in [-0.25, -0.2) is 4.79 Å². The van der Waals surface area contributed by atoms with Gasteiger partial charge in [-0.3, -0.25) is 9.89 Å². The van der Waals surface area contributed by atoms with Crippen molar-refractivity contribution in [1.82, 2.24) is 19.7 Å². The highest BCUT2D eigenvalue weighted by molar-refractivity contribution is 5.92. The molecule has 0 unspecified atom stereocenters. The van der Waals surface area contributed by atoms with Crippen LogP contribution in [0.25, 0.3) is 0 Å². The fourth-order valence-electron chi connectivity index (χ4n) is 1.50. The Morgan fingerprint density at radius 2 is 2.29 bits per heavy atom. The lowest BCUT2D eigenvalue weighted by Gasteiger charge is -2.01. The first-order chi connectivity index (χ1) is 9.95. The molecule has 0 aliphatic rings. The van der Waals surface area contributed by atoms with Crippen molar-refractivity contribution in [2.45, 2.75) is 13.0 Å². The molecule has 0 atom stereocenters. The summed E-state index contributed by atoms with van der Waals surface area (Å²) in [5.74, 6) is -1.80. The molecule has 0 fully saturated rings. The molecule has 21 heavy (non-hydrogen) atoms. The summed E-state index contributed by atoms with van der Waals surface area (Å²) in [4.78, 5) is 35.6. The largest absolute Gasteiger partial charge is 0.477 e. The van der Waals surface area contributed by atoms with Gasteiger partial charge in [0.25, 0.3) is 0 Å². The number of hydrogen-bond acceptors (Lipinski definition) is 6. The van der Waals surface area contributed by atoms with E-state index in [1.54, 1.807) is 0 Å². The van der Waals surface area contributed by atoms with Crippen LogP contribution in [0.15, 0.2) is 18.6 Å². The highest BCUT2D eigenvalue weighted by Gasteiger charge is 2.12. The third kappa shape index (κ3) is 3.62. The second-order valence-corrected chi connectivity index (χ2v) is 4.00. The first-order valence-electron chi connectivity index (χ1n) is 5.70. The number of H-pyrrole nitrogens is 1. The number of carbonyl (C=O) groups excluding carboxylic acids is 1. The molecule has 0 radical (unpaired) electrons. The van der Waals surface area contributed by atoms with Crippen LogP contribution in [0, 0.1) is 10.1 Å². The minimum atomic E-state index is -1.19. The topological polar surface area (TPSA) is 156 Å². The van der Waals surface area contributed by atoms with Crippen LogP contribution in [0.4, 0.5) is 11.6 Å².